The summed E-state index contributed by atoms with van der Waals surface area (Å²) in [6.45, 7) is 2.26. The summed E-state index contributed by atoms with van der Waals surface area (Å²) in [5.41, 5.74) is 4.46. The average Bonchev–Trinajstić information content (AvgIpc) is 2.78. The van der Waals surface area contributed by atoms with Crippen LogP contribution < -0.4 is 4.74 Å². The van der Waals surface area contributed by atoms with E-state index in [1.165, 1.54) is 61.6 Å². The summed E-state index contributed by atoms with van der Waals surface area (Å²) in [6, 6.07) is 26.3. The van der Waals surface area contributed by atoms with Crippen LogP contribution in [0.4, 0.5) is 0 Å². The van der Waals surface area contributed by atoms with Crippen molar-refractivity contribution in [1.29, 1.82) is 5.26 Å². The fourth-order valence-electron chi connectivity index (χ4n) is 3.42. The highest BCUT2D eigenvalue weighted by Gasteiger charge is 2.02. The quantitative estimate of drug-likeness (QED) is 0.333. The molecule has 0 heterocycles. The van der Waals surface area contributed by atoms with E-state index >= 15 is 0 Å². The van der Waals surface area contributed by atoms with Gasteiger partial charge in [-0.05, 0) is 65.9 Å². The lowest BCUT2D eigenvalue weighted by Crippen LogP contribution is -1.87. The van der Waals surface area contributed by atoms with Crippen LogP contribution >= 0.6 is 0 Å². The van der Waals surface area contributed by atoms with Crippen molar-refractivity contribution in [3.63, 3.8) is 0 Å². The van der Waals surface area contributed by atoms with Crippen LogP contribution in [0, 0.1) is 11.3 Å². The number of nitriles is 1. The van der Waals surface area contributed by atoms with Crippen molar-refractivity contribution in [3.8, 4) is 28.7 Å². The van der Waals surface area contributed by atoms with Crippen LogP contribution in [-0.2, 0) is 6.42 Å². The summed E-state index contributed by atoms with van der Waals surface area (Å²) in [4.78, 5) is 0. The number of unbranched alkanes of at least 4 members (excludes halogenated alkanes) is 5. The van der Waals surface area contributed by atoms with Crippen LogP contribution in [0.15, 0.2) is 72.8 Å². The lowest BCUT2D eigenvalue weighted by molar-refractivity contribution is 0.482. The van der Waals surface area contributed by atoms with Gasteiger partial charge in [-0.1, -0.05) is 75.4 Å². The zero-order valence-corrected chi connectivity index (χ0v) is 17.2. The predicted octanol–water partition coefficient (Wildman–Crippen LogP) is 7.92. The van der Waals surface area contributed by atoms with Crippen molar-refractivity contribution in [2.45, 2.75) is 51.9 Å². The van der Waals surface area contributed by atoms with E-state index in [4.69, 9.17) is 10.00 Å². The van der Waals surface area contributed by atoms with Gasteiger partial charge in [0.2, 0.25) is 0 Å². The second kappa shape index (κ2) is 11.1. The molecule has 0 spiro atoms. The smallest absolute Gasteiger partial charge is 0.127 e. The molecule has 0 saturated heterocycles. The van der Waals surface area contributed by atoms with E-state index in [2.05, 4.69) is 49.4 Å². The number of nitrogens with zero attached hydrogens (tertiary/aromatic N) is 1. The summed E-state index contributed by atoms with van der Waals surface area (Å²) in [5, 5.41) is 8.87. The Bertz CT molecular complexity index is 903. The summed E-state index contributed by atoms with van der Waals surface area (Å²) in [7, 11) is 0. The van der Waals surface area contributed by atoms with Crippen LogP contribution in [0.25, 0.3) is 11.1 Å². The Morgan fingerprint density at radius 3 is 1.76 bits per heavy atom. The third-order valence-electron chi connectivity index (χ3n) is 5.18. The molecule has 2 nitrogen and oxygen atoms in total. The molecule has 0 aliphatic rings. The second-order valence-corrected chi connectivity index (χ2v) is 7.48. The van der Waals surface area contributed by atoms with Gasteiger partial charge in [0, 0.05) is 0 Å². The average molecular weight is 384 g/mol. The van der Waals surface area contributed by atoms with Gasteiger partial charge in [-0.3, -0.25) is 0 Å². The maximum absolute atomic E-state index is 8.87. The molecular formula is C27H29NO. The molecule has 0 atom stereocenters. The summed E-state index contributed by atoms with van der Waals surface area (Å²) < 4.78 is 5.86. The number of ether oxygens (including phenoxy) is 1. The largest absolute Gasteiger partial charge is 0.457 e. The molecule has 3 aromatic rings. The fraction of sp³-hybridized carbons (Fsp3) is 0.296. The van der Waals surface area contributed by atoms with Crippen molar-refractivity contribution in [3.05, 3.63) is 83.9 Å². The molecule has 0 aliphatic carbocycles. The standard InChI is InChI=1S/C27H29NO/c1-2-3-4-5-6-7-8-22-9-13-24(14-10-22)25-15-19-27(20-16-25)29-26-17-11-23(21-28)12-18-26/h9-20H,2-8H2,1H3. The van der Waals surface area contributed by atoms with Gasteiger partial charge >= 0.3 is 0 Å². The molecule has 0 amide bonds. The number of hydrogen-bond donors (Lipinski definition) is 0. The zero-order chi connectivity index (χ0) is 20.3. The maximum atomic E-state index is 8.87. The van der Waals surface area contributed by atoms with Crippen molar-refractivity contribution < 1.29 is 4.74 Å². The summed E-state index contributed by atoms with van der Waals surface area (Å²) in [6.07, 6.45) is 9.20. The van der Waals surface area contributed by atoms with Crippen LogP contribution in [0.2, 0.25) is 0 Å². The van der Waals surface area contributed by atoms with Crippen LogP contribution in [0.3, 0.4) is 0 Å². The molecule has 0 saturated carbocycles. The van der Waals surface area contributed by atoms with Gasteiger partial charge in [-0.15, -0.1) is 0 Å². The number of benzene rings is 3. The molecule has 0 radical (unpaired) electrons. The highest BCUT2D eigenvalue weighted by Crippen LogP contribution is 2.26. The number of rotatable bonds is 10. The van der Waals surface area contributed by atoms with E-state index in [0.29, 0.717) is 5.56 Å². The third kappa shape index (κ3) is 6.50. The van der Waals surface area contributed by atoms with Gasteiger partial charge in [-0.25, -0.2) is 0 Å². The molecule has 148 valence electrons. The van der Waals surface area contributed by atoms with E-state index in [-0.39, 0.29) is 0 Å². The Morgan fingerprint density at radius 2 is 1.17 bits per heavy atom. The minimum absolute atomic E-state index is 0.632. The second-order valence-electron chi connectivity index (χ2n) is 7.48. The molecule has 3 rings (SSSR count). The van der Waals surface area contributed by atoms with E-state index in [9.17, 15) is 0 Å². The molecule has 0 fully saturated rings. The molecule has 0 aromatic heterocycles. The zero-order valence-electron chi connectivity index (χ0n) is 17.2. The third-order valence-corrected chi connectivity index (χ3v) is 5.18. The summed E-state index contributed by atoms with van der Waals surface area (Å²) >= 11 is 0. The highest BCUT2D eigenvalue weighted by molar-refractivity contribution is 5.64. The predicted molar refractivity (Wildman–Crippen MR) is 120 cm³/mol. The van der Waals surface area contributed by atoms with Gasteiger partial charge in [0.05, 0.1) is 11.6 Å². The van der Waals surface area contributed by atoms with Crippen molar-refractivity contribution >= 4 is 0 Å². The Hall–Kier alpha value is -3.05. The molecule has 0 bridgehead atoms. The van der Waals surface area contributed by atoms with Crippen LogP contribution in [-0.4, -0.2) is 0 Å². The fourth-order valence-corrected chi connectivity index (χ4v) is 3.42. The van der Waals surface area contributed by atoms with Gasteiger partial charge in [0.15, 0.2) is 0 Å². The van der Waals surface area contributed by atoms with Gasteiger partial charge in [-0.2, -0.15) is 5.26 Å². The minimum Gasteiger partial charge on any atom is -0.457 e. The molecule has 29 heavy (non-hydrogen) atoms. The summed E-state index contributed by atoms with van der Waals surface area (Å²) in [5.74, 6) is 1.52. The number of aryl methyl sites for hydroxylation is 1. The SMILES string of the molecule is CCCCCCCCc1ccc(-c2ccc(Oc3ccc(C#N)cc3)cc2)cc1. The Morgan fingerprint density at radius 1 is 0.655 bits per heavy atom. The first-order chi connectivity index (χ1) is 14.3. The molecule has 0 unspecified atom stereocenters. The lowest BCUT2D eigenvalue weighted by atomic mass is 10.0. The highest BCUT2D eigenvalue weighted by atomic mass is 16.5. The lowest BCUT2D eigenvalue weighted by Gasteiger charge is -2.08. The Balaban J connectivity index is 1.52. The monoisotopic (exact) mass is 383 g/mol. The maximum Gasteiger partial charge on any atom is 0.127 e. The Labute approximate surface area is 174 Å². The van der Waals surface area contributed by atoms with Crippen molar-refractivity contribution in [1.82, 2.24) is 0 Å². The van der Waals surface area contributed by atoms with E-state index in [1.54, 1.807) is 12.1 Å². The molecule has 3 aromatic carbocycles. The van der Waals surface area contributed by atoms with E-state index in [1.807, 2.05) is 24.3 Å². The van der Waals surface area contributed by atoms with Gasteiger partial charge in [0.1, 0.15) is 11.5 Å². The molecule has 0 N–H and O–H groups in total. The van der Waals surface area contributed by atoms with Crippen molar-refractivity contribution in [2.24, 2.45) is 0 Å². The van der Waals surface area contributed by atoms with Crippen molar-refractivity contribution in [2.75, 3.05) is 0 Å². The first kappa shape index (κ1) is 20.7. The molecule has 0 aliphatic heterocycles. The molecular weight excluding hydrogens is 354 g/mol. The Kier molecular flexibility index (Phi) is 7.90. The van der Waals surface area contributed by atoms with Crippen LogP contribution in [0.5, 0.6) is 11.5 Å². The van der Waals surface area contributed by atoms with Crippen LogP contribution in [0.1, 0.15) is 56.6 Å². The number of hydrogen-bond acceptors (Lipinski definition) is 2. The normalized spacial score (nSPS) is 10.5. The topological polar surface area (TPSA) is 33.0 Å². The van der Waals surface area contributed by atoms with E-state index < -0.39 is 0 Å². The minimum atomic E-state index is 0.632. The molecule has 2 heteroatoms. The first-order valence-corrected chi connectivity index (χ1v) is 10.7. The first-order valence-electron chi connectivity index (χ1n) is 10.7. The van der Waals surface area contributed by atoms with E-state index in [0.717, 1.165) is 11.5 Å². The van der Waals surface area contributed by atoms with Gasteiger partial charge in [0.25, 0.3) is 0 Å². The van der Waals surface area contributed by atoms with Gasteiger partial charge < -0.3 is 4.74 Å².